The predicted octanol–water partition coefficient (Wildman–Crippen LogP) is 2.92. The lowest BCUT2D eigenvalue weighted by Gasteiger charge is -2.21. The molecule has 4 nitrogen and oxygen atoms in total. The second-order valence-electron chi connectivity index (χ2n) is 4.94. The maximum Gasteiger partial charge on any atom is 0.225 e. The van der Waals surface area contributed by atoms with Gasteiger partial charge in [0, 0.05) is 35.3 Å². The topological polar surface area (TPSA) is 61.4 Å². The Labute approximate surface area is 129 Å². The fourth-order valence-electron chi connectivity index (χ4n) is 2.05. The molecule has 1 aromatic rings. The van der Waals surface area contributed by atoms with E-state index in [1.165, 1.54) is 0 Å². The first-order valence-corrected chi connectivity index (χ1v) is 7.76. The molecule has 5 heteroatoms. The van der Waals surface area contributed by atoms with E-state index < -0.39 is 0 Å². The summed E-state index contributed by atoms with van der Waals surface area (Å²) < 4.78 is 0.986. The number of nitrogens with one attached hydrogen (secondary N) is 2. The number of halogens is 1. The van der Waals surface area contributed by atoms with Crippen LogP contribution in [0.25, 0.3) is 0 Å². The average Bonchev–Trinajstić information content (AvgIpc) is 2.40. The lowest BCUT2D eigenvalue weighted by molar-refractivity contribution is -0.116. The maximum atomic E-state index is 11.9. The monoisotopic (exact) mass is 342 g/mol. The molecule has 0 aliphatic heterocycles. The first-order chi connectivity index (χ1) is 9.55. The van der Waals surface area contributed by atoms with E-state index >= 15 is 0 Å². The van der Waals surface area contributed by atoms with Crippen molar-refractivity contribution in [2.45, 2.75) is 45.2 Å². The minimum absolute atomic E-state index is 0.00817. The molecule has 1 aromatic carbocycles. The Morgan fingerprint density at radius 2 is 2.00 bits per heavy atom. The van der Waals surface area contributed by atoms with Gasteiger partial charge >= 0.3 is 0 Å². The molecule has 1 amide bonds. The second-order valence-corrected chi connectivity index (χ2v) is 5.86. The predicted molar refractivity (Wildman–Crippen MR) is 85.8 cm³/mol. The number of hydrogen-bond acceptors (Lipinski definition) is 3. The molecule has 0 aliphatic carbocycles. The van der Waals surface area contributed by atoms with Gasteiger partial charge in [0.25, 0.3) is 0 Å². The molecule has 112 valence electrons. The Hall–Kier alpha value is -0.910. The summed E-state index contributed by atoms with van der Waals surface area (Å²) in [6.07, 6.45) is 2.08. The molecular formula is C15H23BrN2O2. The minimum Gasteiger partial charge on any atom is -0.396 e. The summed E-state index contributed by atoms with van der Waals surface area (Å²) in [5.41, 5.74) is 0.799. The minimum atomic E-state index is -0.00817. The zero-order valence-corrected chi connectivity index (χ0v) is 13.6. The van der Waals surface area contributed by atoms with Crippen LogP contribution in [0.15, 0.2) is 28.7 Å². The highest BCUT2D eigenvalue weighted by molar-refractivity contribution is 9.10. The van der Waals surface area contributed by atoms with E-state index in [4.69, 9.17) is 5.11 Å². The van der Waals surface area contributed by atoms with Crippen LogP contribution in [0.1, 0.15) is 33.1 Å². The first-order valence-electron chi connectivity index (χ1n) is 6.97. The van der Waals surface area contributed by atoms with Crippen molar-refractivity contribution < 1.29 is 9.90 Å². The van der Waals surface area contributed by atoms with Gasteiger partial charge in [-0.3, -0.25) is 4.79 Å². The molecule has 2 unspecified atom stereocenters. The van der Waals surface area contributed by atoms with Gasteiger partial charge in [0.05, 0.1) is 0 Å². The van der Waals surface area contributed by atoms with Crippen LogP contribution >= 0.6 is 15.9 Å². The van der Waals surface area contributed by atoms with Gasteiger partial charge in [-0.2, -0.15) is 0 Å². The Morgan fingerprint density at radius 3 is 2.55 bits per heavy atom. The zero-order valence-electron chi connectivity index (χ0n) is 12.0. The number of aliphatic hydroxyl groups excluding tert-OH is 1. The van der Waals surface area contributed by atoms with Crippen molar-refractivity contribution in [2.24, 2.45) is 0 Å². The van der Waals surface area contributed by atoms with Crippen LogP contribution < -0.4 is 10.6 Å². The van der Waals surface area contributed by atoms with Crippen LogP contribution in [-0.2, 0) is 4.79 Å². The third kappa shape index (κ3) is 6.50. The number of amides is 1. The van der Waals surface area contributed by atoms with Crippen molar-refractivity contribution in [3.8, 4) is 0 Å². The molecule has 0 spiro atoms. The second kappa shape index (κ2) is 9.10. The fraction of sp³-hybridized carbons (Fsp3) is 0.533. The summed E-state index contributed by atoms with van der Waals surface area (Å²) in [6, 6.07) is 7.86. The van der Waals surface area contributed by atoms with Gasteiger partial charge in [0.15, 0.2) is 0 Å². The van der Waals surface area contributed by atoms with Crippen LogP contribution in [0.3, 0.4) is 0 Å². The lowest BCUT2D eigenvalue weighted by atomic mass is 10.1. The molecule has 0 heterocycles. The molecule has 0 aliphatic rings. The van der Waals surface area contributed by atoms with Gasteiger partial charge in [0.2, 0.25) is 5.91 Å². The van der Waals surface area contributed by atoms with E-state index in [1.54, 1.807) is 0 Å². The number of carbonyl (C=O) groups is 1. The van der Waals surface area contributed by atoms with E-state index in [9.17, 15) is 4.79 Å². The van der Waals surface area contributed by atoms with Crippen LogP contribution in [-0.4, -0.2) is 29.7 Å². The standard InChI is InChI=1S/C15H23BrN2O2/c1-3-13(8-9-19)17-11(2)10-15(20)18-14-6-4-12(16)5-7-14/h4-7,11,13,17,19H,3,8-10H2,1-2H3,(H,18,20). The molecule has 3 N–H and O–H groups in total. The average molecular weight is 343 g/mol. The Kier molecular flexibility index (Phi) is 7.80. The third-order valence-corrected chi connectivity index (χ3v) is 3.64. The molecular weight excluding hydrogens is 320 g/mol. The van der Waals surface area contributed by atoms with E-state index in [-0.39, 0.29) is 24.6 Å². The molecule has 0 saturated carbocycles. The van der Waals surface area contributed by atoms with E-state index in [0.29, 0.717) is 6.42 Å². The molecule has 0 radical (unpaired) electrons. The maximum absolute atomic E-state index is 11.9. The Bertz CT molecular complexity index is 409. The summed E-state index contributed by atoms with van der Waals surface area (Å²) in [7, 11) is 0. The molecule has 0 aromatic heterocycles. The van der Waals surface area contributed by atoms with Crippen molar-refractivity contribution in [3.05, 3.63) is 28.7 Å². The SMILES string of the molecule is CCC(CCO)NC(C)CC(=O)Nc1ccc(Br)cc1. The smallest absolute Gasteiger partial charge is 0.225 e. The number of rotatable bonds is 8. The number of aliphatic hydroxyl groups is 1. The van der Waals surface area contributed by atoms with E-state index in [1.807, 2.05) is 31.2 Å². The quantitative estimate of drug-likeness (QED) is 0.680. The molecule has 20 heavy (non-hydrogen) atoms. The summed E-state index contributed by atoms with van der Waals surface area (Å²) in [6.45, 7) is 4.23. The summed E-state index contributed by atoms with van der Waals surface area (Å²) in [5, 5.41) is 15.2. The number of hydrogen-bond donors (Lipinski definition) is 3. The third-order valence-electron chi connectivity index (χ3n) is 3.11. The van der Waals surface area contributed by atoms with Crippen LogP contribution in [0.5, 0.6) is 0 Å². The van der Waals surface area contributed by atoms with E-state index in [0.717, 1.165) is 23.0 Å². The molecule has 1 rings (SSSR count). The molecule has 2 atom stereocenters. The van der Waals surface area contributed by atoms with Crippen molar-refractivity contribution in [1.29, 1.82) is 0 Å². The normalized spacial score (nSPS) is 13.8. The highest BCUT2D eigenvalue weighted by Gasteiger charge is 2.13. The van der Waals surface area contributed by atoms with Crippen molar-refractivity contribution in [3.63, 3.8) is 0 Å². The van der Waals surface area contributed by atoms with Crippen molar-refractivity contribution >= 4 is 27.5 Å². The summed E-state index contributed by atoms with van der Waals surface area (Å²) in [5.74, 6) is -0.00817. The molecule has 0 bridgehead atoms. The largest absolute Gasteiger partial charge is 0.396 e. The molecule has 0 saturated heterocycles. The highest BCUT2D eigenvalue weighted by atomic mass is 79.9. The van der Waals surface area contributed by atoms with Gasteiger partial charge in [-0.25, -0.2) is 0 Å². The van der Waals surface area contributed by atoms with Crippen molar-refractivity contribution in [2.75, 3.05) is 11.9 Å². The van der Waals surface area contributed by atoms with Gasteiger partial charge in [-0.15, -0.1) is 0 Å². The summed E-state index contributed by atoms with van der Waals surface area (Å²) >= 11 is 3.36. The number of carbonyl (C=O) groups excluding carboxylic acids is 1. The Balaban J connectivity index is 2.39. The highest BCUT2D eigenvalue weighted by Crippen LogP contribution is 2.14. The number of benzene rings is 1. The van der Waals surface area contributed by atoms with Crippen LogP contribution in [0.4, 0.5) is 5.69 Å². The zero-order chi connectivity index (χ0) is 15.0. The van der Waals surface area contributed by atoms with Gasteiger partial charge in [-0.05, 0) is 44.0 Å². The van der Waals surface area contributed by atoms with Crippen molar-refractivity contribution in [1.82, 2.24) is 5.32 Å². The number of anilines is 1. The van der Waals surface area contributed by atoms with Crippen LogP contribution in [0.2, 0.25) is 0 Å². The summed E-state index contributed by atoms with van der Waals surface area (Å²) in [4.78, 5) is 11.9. The Morgan fingerprint density at radius 1 is 1.35 bits per heavy atom. The first kappa shape index (κ1) is 17.1. The van der Waals surface area contributed by atoms with E-state index in [2.05, 4.69) is 33.5 Å². The lowest BCUT2D eigenvalue weighted by Crippen LogP contribution is -2.38. The van der Waals surface area contributed by atoms with Gasteiger partial charge < -0.3 is 15.7 Å². The van der Waals surface area contributed by atoms with Gasteiger partial charge in [0.1, 0.15) is 0 Å². The van der Waals surface area contributed by atoms with Crippen LogP contribution in [0, 0.1) is 0 Å². The molecule has 0 fully saturated rings. The fourth-order valence-corrected chi connectivity index (χ4v) is 2.31. The van der Waals surface area contributed by atoms with Gasteiger partial charge in [-0.1, -0.05) is 22.9 Å².